The summed E-state index contributed by atoms with van der Waals surface area (Å²) in [5, 5.41) is 8.96. The number of carboxylic acids is 1. The maximum absolute atomic E-state index is 11.0. The van der Waals surface area contributed by atoms with Crippen LogP contribution in [-0.4, -0.2) is 24.3 Å². The summed E-state index contributed by atoms with van der Waals surface area (Å²) in [5.41, 5.74) is 10.7. The highest BCUT2D eigenvalue weighted by molar-refractivity contribution is 5.86. The highest BCUT2D eigenvalue weighted by atomic mass is 16.5. The van der Waals surface area contributed by atoms with Crippen molar-refractivity contribution in [3.63, 3.8) is 0 Å². The lowest BCUT2D eigenvalue weighted by molar-refractivity contribution is -0.133. The number of benzene rings is 2. The van der Waals surface area contributed by atoms with Crippen LogP contribution in [0.5, 0.6) is 5.75 Å². The normalized spacial score (nSPS) is 15.7. The molecule has 6 N–H and O–H groups in total. The van der Waals surface area contributed by atoms with Crippen molar-refractivity contribution < 1.29 is 19.4 Å². The quantitative estimate of drug-likeness (QED) is 0.267. The summed E-state index contributed by atoms with van der Waals surface area (Å²) in [7, 11) is 0. The van der Waals surface area contributed by atoms with Crippen molar-refractivity contribution in [1.29, 1.82) is 0 Å². The van der Waals surface area contributed by atoms with Gasteiger partial charge in [0.2, 0.25) is 5.88 Å². The minimum absolute atomic E-state index is 0.307. The minimum atomic E-state index is -1.30. The molecule has 1 aliphatic heterocycles. The number of hydrogen-bond acceptors (Lipinski definition) is 6. The van der Waals surface area contributed by atoms with Gasteiger partial charge in [-0.25, -0.2) is 4.79 Å². The lowest BCUT2D eigenvalue weighted by atomic mass is 9.90. The number of carbonyl (C=O) groups is 1. The molecule has 0 unspecified atom stereocenters. The molecule has 7 heteroatoms. The number of aliphatic carboxylic acids is 1. The van der Waals surface area contributed by atoms with Crippen molar-refractivity contribution in [2.24, 2.45) is 11.6 Å². The number of nitrogens with two attached hydrogens (primary N) is 2. The molecule has 0 atom stereocenters. The first-order valence-corrected chi connectivity index (χ1v) is 8.74. The van der Waals surface area contributed by atoms with Gasteiger partial charge in [-0.2, -0.15) is 0 Å². The highest BCUT2D eigenvalue weighted by Crippen LogP contribution is 2.29. The van der Waals surface area contributed by atoms with Gasteiger partial charge in [0.15, 0.2) is 5.70 Å². The van der Waals surface area contributed by atoms with Crippen molar-refractivity contribution in [2.75, 3.05) is 13.2 Å². The van der Waals surface area contributed by atoms with Crippen LogP contribution < -0.4 is 21.7 Å². The van der Waals surface area contributed by atoms with E-state index in [9.17, 15) is 4.79 Å². The number of ether oxygens (including phenoxy) is 2. The fraction of sp³-hybridized carbons (Fsp3) is 0.250. The summed E-state index contributed by atoms with van der Waals surface area (Å²) in [4.78, 5) is 11.0. The second-order valence-corrected chi connectivity index (χ2v) is 6.32. The lowest BCUT2D eigenvalue weighted by Crippen LogP contribution is -2.31. The van der Waals surface area contributed by atoms with Gasteiger partial charge in [-0.1, -0.05) is 36.4 Å². The van der Waals surface area contributed by atoms with Gasteiger partial charge in [0, 0.05) is 13.2 Å². The average Bonchev–Trinajstić information content (AvgIpc) is 2.70. The Bertz CT molecular complexity index is 810. The zero-order valence-electron chi connectivity index (χ0n) is 14.9. The summed E-state index contributed by atoms with van der Waals surface area (Å²) in [6, 6.07) is 15.8. The summed E-state index contributed by atoms with van der Waals surface area (Å²) >= 11 is 0. The van der Waals surface area contributed by atoms with Crippen LogP contribution in [-0.2, 0) is 9.53 Å². The smallest absolute Gasteiger partial charge is 0.358 e. The zero-order chi connectivity index (χ0) is 19.2. The van der Waals surface area contributed by atoms with Crippen LogP contribution >= 0.6 is 0 Å². The second kappa shape index (κ2) is 8.57. The summed E-state index contributed by atoms with van der Waals surface area (Å²) in [6.45, 7) is 1.66. The van der Waals surface area contributed by atoms with Crippen LogP contribution in [0.15, 0.2) is 60.1 Å². The third-order valence-corrected chi connectivity index (χ3v) is 4.62. The van der Waals surface area contributed by atoms with Gasteiger partial charge >= 0.3 is 5.97 Å². The Morgan fingerprint density at radius 2 is 1.59 bits per heavy atom. The minimum Gasteiger partial charge on any atom is -0.476 e. The number of rotatable bonds is 6. The van der Waals surface area contributed by atoms with Crippen molar-refractivity contribution in [3.05, 3.63) is 65.7 Å². The lowest BCUT2D eigenvalue weighted by Gasteiger charge is -2.22. The first-order chi connectivity index (χ1) is 13.1. The summed E-state index contributed by atoms with van der Waals surface area (Å²) in [5.74, 6) is 4.52. The molecule has 2 aromatic carbocycles. The van der Waals surface area contributed by atoms with Crippen LogP contribution in [0.2, 0.25) is 0 Å². The van der Waals surface area contributed by atoms with Gasteiger partial charge in [0.1, 0.15) is 5.75 Å². The SMILES string of the molecule is NN/C(C(=O)O)=C(\N)Oc1ccc(-c2ccc(C3CCOCC3)cc2)cc1. The molecule has 1 aliphatic rings. The number of hydrazine groups is 1. The standard InChI is InChI=1S/C20H23N3O4/c21-19(18(23-22)20(24)25)27-17-7-5-15(6-8-17)13-1-3-14(4-2-13)16-9-11-26-12-10-16/h1-8,16,23H,9-12,21-22H2,(H,24,25)/b19-18+. The Labute approximate surface area is 157 Å². The summed E-state index contributed by atoms with van der Waals surface area (Å²) in [6.07, 6.45) is 2.13. The van der Waals surface area contributed by atoms with Crippen LogP contribution in [0.3, 0.4) is 0 Å². The second-order valence-electron chi connectivity index (χ2n) is 6.32. The van der Waals surface area contributed by atoms with E-state index in [2.05, 4.69) is 24.3 Å². The average molecular weight is 369 g/mol. The van der Waals surface area contributed by atoms with E-state index in [0.717, 1.165) is 37.2 Å². The van der Waals surface area contributed by atoms with E-state index in [1.165, 1.54) is 5.56 Å². The molecular weight excluding hydrogens is 346 g/mol. The molecule has 0 aromatic heterocycles. The van der Waals surface area contributed by atoms with E-state index in [0.29, 0.717) is 11.7 Å². The first-order valence-electron chi connectivity index (χ1n) is 8.74. The molecule has 2 aromatic rings. The Morgan fingerprint density at radius 1 is 1.04 bits per heavy atom. The predicted octanol–water partition coefficient (Wildman–Crippen LogP) is 2.30. The number of nitrogens with one attached hydrogen (secondary N) is 1. The van der Waals surface area contributed by atoms with Gasteiger partial charge in [0.05, 0.1) is 0 Å². The van der Waals surface area contributed by atoms with E-state index >= 15 is 0 Å². The molecule has 1 saturated heterocycles. The Kier molecular flexibility index (Phi) is 5.95. The molecule has 0 radical (unpaired) electrons. The Balaban J connectivity index is 1.70. The molecular formula is C20H23N3O4. The van der Waals surface area contributed by atoms with E-state index < -0.39 is 11.7 Å². The fourth-order valence-corrected chi connectivity index (χ4v) is 3.11. The largest absolute Gasteiger partial charge is 0.476 e. The monoisotopic (exact) mass is 369 g/mol. The number of hydrogen-bond donors (Lipinski definition) is 4. The predicted molar refractivity (Wildman–Crippen MR) is 101 cm³/mol. The van der Waals surface area contributed by atoms with Gasteiger partial charge < -0.3 is 25.7 Å². The molecule has 0 aliphatic carbocycles. The van der Waals surface area contributed by atoms with Gasteiger partial charge in [-0.05, 0) is 47.6 Å². The molecule has 7 nitrogen and oxygen atoms in total. The van der Waals surface area contributed by atoms with Crippen LogP contribution in [0.25, 0.3) is 11.1 Å². The van der Waals surface area contributed by atoms with Crippen LogP contribution in [0.1, 0.15) is 24.3 Å². The van der Waals surface area contributed by atoms with E-state index in [1.54, 1.807) is 12.1 Å². The van der Waals surface area contributed by atoms with Gasteiger partial charge in [0.25, 0.3) is 0 Å². The van der Waals surface area contributed by atoms with Crippen LogP contribution in [0.4, 0.5) is 0 Å². The van der Waals surface area contributed by atoms with E-state index in [1.807, 2.05) is 17.6 Å². The van der Waals surface area contributed by atoms with E-state index in [-0.39, 0.29) is 5.88 Å². The molecule has 1 fully saturated rings. The molecule has 0 bridgehead atoms. The van der Waals surface area contributed by atoms with Crippen molar-refractivity contribution in [1.82, 2.24) is 5.43 Å². The van der Waals surface area contributed by atoms with Crippen molar-refractivity contribution >= 4 is 5.97 Å². The highest BCUT2D eigenvalue weighted by Gasteiger charge is 2.16. The molecule has 0 spiro atoms. The topological polar surface area (TPSA) is 120 Å². The van der Waals surface area contributed by atoms with Crippen LogP contribution in [0, 0.1) is 0 Å². The molecule has 3 rings (SSSR count). The van der Waals surface area contributed by atoms with Crippen molar-refractivity contribution in [2.45, 2.75) is 18.8 Å². The van der Waals surface area contributed by atoms with E-state index in [4.69, 9.17) is 26.2 Å². The maximum Gasteiger partial charge on any atom is 0.358 e. The Hall–Kier alpha value is -3.03. The molecule has 142 valence electrons. The Morgan fingerprint density at radius 3 is 2.11 bits per heavy atom. The maximum atomic E-state index is 11.0. The molecule has 0 saturated carbocycles. The third kappa shape index (κ3) is 4.58. The third-order valence-electron chi connectivity index (χ3n) is 4.62. The zero-order valence-corrected chi connectivity index (χ0v) is 14.9. The fourth-order valence-electron chi connectivity index (χ4n) is 3.11. The molecule has 0 amide bonds. The van der Waals surface area contributed by atoms with Gasteiger partial charge in [-0.15, -0.1) is 0 Å². The molecule has 1 heterocycles. The summed E-state index contributed by atoms with van der Waals surface area (Å²) < 4.78 is 10.8. The molecule has 27 heavy (non-hydrogen) atoms. The first kappa shape index (κ1) is 18.8. The van der Waals surface area contributed by atoms with Gasteiger partial charge in [-0.3, -0.25) is 5.84 Å². The number of carboxylic acid groups (broad SMARTS) is 1. The van der Waals surface area contributed by atoms with Crippen molar-refractivity contribution in [3.8, 4) is 16.9 Å².